The predicted molar refractivity (Wildman–Crippen MR) is 65.2 cm³/mol. The molecule has 0 saturated heterocycles. The zero-order chi connectivity index (χ0) is 12.6. The van der Waals surface area contributed by atoms with Crippen LogP contribution in [0.1, 0.15) is 11.4 Å². The molecule has 0 unspecified atom stereocenters. The van der Waals surface area contributed by atoms with Crippen molar-refractivity contribution in [1.29, 1.82) is 0 Å². The van der Waals surface area contributed by atoms with Crippen molar-refractivity contribution in [2.75, 3.05) is 0 Å². The van der Waals surface area contributed by atoms with Gasteiger partial charge in [0.05, 0.1) is 9.40 Å². The topological polar surface area (TPSA) is 73.8 Å². The Balaban J connectivity index is 2.66. The largest absolute Gasteiger partial charge is 0.313 e. The average Bonchev–Trinajstić information content (AvgIpc) is 2.55. The third kappa shape index (κ3) is 1.93. The number of hydrogen-bond donors (Lipinski definition) is 0. The monoisotopic (exact) mass is 296 g/mol. The number of halogens is 1. The smallest absolute Gasteiger partial charge is 0.258 e. The Hall–Kier alpha value is -1.76. The van der Waals surface area contributed by atoms with Crippen LogP contribution in [0.2, 0.25) is 0 Å². The molecule has 0 radical (unpaired) electrons. The van der Waals surface area contributed by atoms with Gasteiger partial charge in [-0.15, -0.1) is 0 Å². The van der Waals surface area contributed by atoms with Crippen LogP contribution in [0.25, 0.3) is 5.82 Å². The van der Waals surface area contributed by atoms with Crippen LogP contribution in [0.15, 0.2) is 22.8 Å². The Bertz CT molecular complexity index is 594. The Kier molecular flexibility index (Phi) is 2.93. The Morgan fingerprint density at radius 3 is 2.71 bits per heavy atom. The second kappa shape index (κ2) is 4.25. The molecule has 17 heavy (non-hydrogen) atoms. The zero-order valence-corrected chi connectivity index (χ0v) is 10.8. The molecule has 0 spiro atoms. The van der Waals surface area contributed by atoms with E-state index in [0.29, 0.717) is 17.2 Å². The lowest BCUT2D eigenvalue weighted by Gasteiger charge is -2.03. The van der Waals surface area contributed by atoms with Crippen molar-refractivity contribution < 1.29 is 4.92 Å². The maximum atomic E-state index is 10.9. The van der Waals surface area contributed by atoms with E-state index in [9.17, 15) is 10.1 Å². The van der Waals surface area contributed by atoms with Crippen LogP contribution < -0.4 is 0 Å². The van der Waals surface area contributed by atoms with Gasteiger partial charge in [0.25, 0.3) is 0 Å². The van der Waals surface area contributed by atoms with Crippen molar-refractivity contribution in [2.45, 2.75) is 13.8 Å². The Labute approximate surface area is 106 Å². The third-order valence-electron chi connectivity index (χ3n) is 2.38. The molecule has 2 rings (SSSR count). The van der Waals surface area contributed by atoms with E-state index in [0.717, 1.165) is 4.47 Å². The minimum atomic E-state index is -0.426. The highest BCUT2D eigenvalue weighted by atomic mass is 79.9. The van der Waals surface area contributed by atoms with Crippen LogP contribution >= 0.6 is 15.9 Å². The van der Waals surface area contributed by atoms with Gasteiger partial charge in [0.2, 0.25) is 0 Å². The van der Waals surface area contributed by atoms with Crippen LogP contribution in [-0.4, -0.2) is 19.7 Å². The summed E-state index contributed by atoms with van der Waals surface area (Å²) in [5.74, 6) is 0.543. The molecule has 6 nitrogen and oxygen atoms in total. The fourth-order valence-corrected chi connectivity index (χ4v) is 2.06. The van der Waals surface area contributed by atoms with Crippen LogP contribution in [-0.2, 0) is 0 Å². The molecule has 0 fully saturated rings. The van der Waals surface area contributed by atoms with Crippen LogP contribution in [0.5, 0.6) is 0 Å². The van der Waals surface area contributed by atoms with Crippen LogP contribution in [0.3, 0.4) is 0 Å². The van der Waals surface area contributed by atoms with E-state index in [4.69, 9.17) is 0 Å². The maximum absolute atomic E-state index is 10.9. The summed E-state index contributed by atoms with van der Waals surface area (Å²) in [6, 6.07) is 3.58. The van der Waals surface area contributed by atoms with Gasteiger partial charge in [-0.1, -0.05) is 0 Å². The number of nitrogens with zero attached hydrogens (tertiary/aromatic N) is 4. The minimum absolute atomic E-state index is 0.0301. The second-order valence-electron chi connectivity index (χ2n) is 3.50. The van der Waals surface area contributed by atoms with E-state index >= 15 is 0 Å². The van der Waals surface area contributed by atoms with Crippen molar-refractivity contribution in [1.82, 2.24) is 14.8 Å². The molecular formula is C10H9BrN4O2. The molecule has 2 aromatic rings. The Morgan fingerprint density at radius 2 is 2.18 bits per heavy atom. The van der Waals surface area contributed by atoms with Crippen molar-refractivity contribution in [3.63, 3.8) is 0 Å². The highest BCUT2D eigenvalue weighted by Gasteiger charge is 2.23. The lowest BCUT2D eigenvalue weighted by Crippen LogP contribution is -2.03. The van der Waals surface area contributed by atoms with Gasteiger partial charge >= 0.3 is 5.69 Å². The van der Waals surface area contributed by atoms with Gasteiger partial charge < -0.3 is 0 Å². The summed E-state index contributed by atoms with van der Waals surface area (Å²) in [6.45, 7) is 3.26. The van der Waals surface area contributed by atoms with Gasteiger partial charge in [-0.05, 0) is 41.9 Å². The normalized spacial score (nSPS) is 10.5. The first-order valence-electron chi connectivity index (χ1n) is 4.84. The second-order valence-corrected chi connectivity index (χ2v) is 4.35. The molecule has 0 atom stereocenters. The first kappa shape index (κ1) is 11.7. The summed E-state index contributed by atoms with van der Waals surface area (Å²) in [6.07, 6.45) is 1.61. The van der Waals surface area contributed by atoms with E-state index in [-0.39, 0.29) is 5.69 Å². The molecule has 0 aromatic carbocycles. The maximum Gasteiger partial charge on any atom is 0.313 e. The number of hydrogen-bond acceptors (Lipinski definition) is 4. The van der Waals surface area contributed by atoms with Gasteiger partial charge in [0, 0.05) is 6.20 Å². The fourth-order valence-electron chi connectivity index (χ4n) is 1.64. The summed E-state index contributed by atoms with van der Waals surface area (Å²) in [5, 5.41) is 15.0. The summed E-state index contributed by atoms with van der Waals surface area (Å²) in [7, 11) is 0. The summed E-state index contributed by atoms with van der Waals surface area (Å²) >= 11 is 3.34. The van der Waals surface area contributed by atoms with E-state index < -0.39 is 4.92 Å². The molecule has 2 aromatic heterocycles. The summed E-state index contributed by atoms with van der Waals surface area (Å²) in [4.78, 5) is 14.6. The quantitative estimate of drug-likeness (QED) is 0.630. The highest BCUT2D eigenvalue weighted by molar-refractivity contribution is 9.10. The predicted octanol–water partition coefficient (Wildman–Crippen LogP) is 2.55. The fraction of sp³-hybridized carbons (Fsp3) is 0.200. The highest BCUT2D eigenvalue weighted by Crippen LogP contribution is 2.26. The number of nitro groups is 1. The summed E-state index contributed by atoms with van der Waals surface area (Å²) in [5.41, 5.74) is 0.875. The average molecular weight is 297 g/mol. The first-order chi connectivity index (χ1) is 8.02. The number of rotatable bonds is 2. The van der Waals surface area contributed by atoms with Crippen molar-refractivity contribution in [2.24, 2.45) is 0 Å². The number of aromatic nitrogens is 3. The van der Waals surface area contributed by atoms with Crippen molar-refractivity contribution in [3.05, 3.63) is 44.3 Å². The molecule has 0 aliphatic heterocycles. The van der Waals surface area contributed by atoms with Crippen LogP contribution in [0, 0.1) is 24.0 Å². The minimum Gasteiger partial charge on any atom is -0.258 e. The van der Waals surface area contributed by atoms with E-state index in [1.165, 1.54) is 4.68 Å². The lowest BCUT2D eigenvalue weighted by molar-refractivity contribution is -0.386. The summed E-state index contributed by atoms with van der Waals surface area (Å²) < 4.78 is 2.21. The lowest BCUT2D eigenvalue weighted by atomic mass is 10.3. The molecule has 0 aliphatic carbocycles. The zero-order valence-electron chi connectivity index (χ0n) is 9.22. The van der Waals surface area contributed by atoms with Gasteiger partial charge in [-0.3, -0.25) is 10.1 Å². The van der Waals surface area contributed by atoms with E-state index in [1.54, 1.807) is 26.1 Å². The molecule has 7 heteroatoms. The third-order valence-corrected chi connectivity index (χ3v) is 2.99. The molecule has 2 heterocycles. The molecule has 88 valence electrons. The standard InChI is InChI=1S/C10H9BrN4O2/c1-6-9(15(16)17)7(2)14(13-6)10-8(11)4-3-5-12-10/h3-5H,1-2H3. The van der Waals surface area contributed by atoms with E-state index in [1.807, 2.05) is 6.07 Å². The van der Waals surface area contributed by atoms with Crippen molar-refractivity contribution >= 4 is 21.6 Å². The van der Waals surface area contributed by atoms with E-state index in [2.05, 4.69) is 26.0 Å². The SMILES string of the molecule is Cc1nn(-c2ncccc2Br)c(C)c1[N+](=O)[O-]. The van der Waals surface area contributed by atoms with Gasteiger partial charge in [0.15, 0.2) is 5.82 Å². The number of pyridine rings is 1. The Morgan fingerprint density at radius 1 is 1.47 bits per heavy atom. The van der Waals surface area contributed by atoms with Gasteiger partial charge in [0.1, 0.15) is 11.4 Å². The molecular weight excluding hydrogens is 288 g/mol. The van der Waals surface area contributed by atoms with Crippen LogP contribution in [0.4, 0.5) is 5.69 Å². The molecule has 0 aliphatic rings. The molecule has 0 bridgehead atoms. The number of aryl methyl sites for hydroxylation is 1. The first-order valence-corrected chi connectivity index (χ1v) is 5.63. The van der Waals surface area contributed by atoms with Gasteiger partial charge in [-0.2, -0.15) is 5.10 Å². The molecule has 0 saturated carbocycles. The van der Waals surface area contributed by atoms with Crippen molar-refractivity contribution in [3.8, 4) is 5.82 Å². The molecule has 0 N–H and O–H groups in total. The van der Waals surface area contributed by atoms with Gasteiger partial charge in [-0.25, -0.2) is 9.67 Å². The molecule has 0 amide bonds.